The van der Waals surface area contributed by atoms with Gasteiger partial charge in [0.05, 0.1) is 65.4 Å². The lowest BCUT2D eigenvalue weighted by Crippen LogP contribution is -2.50. The number of allylic oxidation sites excluding steroid dienone is 4. The van der Waals surface area contributed by atoms with Crippen LogP contribution in [0.1, 0.15) is 284 Å². The fourth-order valence-electron chi connectivity index (χ4n) is 11.8. The van der Waals surface area contributed by atoms with E-state index in [1.165, 1.54) is 219 Å². The molecule has 0 aliphatic carbocycles. The summed E-state index contributed by atoms with van der Waals surface area (Å²) in [5.41, 5.74) is 17.2. The highest BCUT2D eigenvalue weighted by Crippen LogP contribution is 2.18. The Morgan fingerprint density at radius 3 is 0.940 bits per heavy atom. The normalized spacial score (nSPS) is 14.1. The molecule has 0 aromatic rings. The highest BCUT2D eigenvalue weighted by atomic mass is 16.2. The predicted molar refractivity (Wildman–Crippen MR) is 369 cm³/mol. The Labute approximate surface area is 522 Å². The molecule has 0 spiro atoms. The second-order valence-electron chi connectivity index (χ2n) is 26.0. The van der Waals surface area contributed by atoms with Gasteiger partial charge in [0.2, 0.25) is 11.8 Å². The molecule has 13 nitrogen and oxygen atoms in total. The molecular formula is C71H149N11O2+2. The van der Waals surface area contributed by atoms with Gasteiger partial charge in [0.25, 0.3) is 0 Å². The van der Waals surface area contributed by atoms with E-state index in [1.54, 1.807) is 0 Å². The van der Waals surface area contributed by atoms with Crippen molar-refractivity contribution in [2.45, 2.75) is 296 Å². The van der Waals surface area contributed by atoms with E-state index in [1.807, 2.05) is 0 Å². The summed E-state index contributed by atoms with van der Waals surface area (Å²) in [6, 6.07) is -0.329. The van der Waals surface area contributed by atoms with E-state index in [2.05, 4.69) is 91.1 Å². The Morgan fingerprint density at radius 2 is 0.595 bits per heavy atom. The summed E-state index contributed by atoms with van der Waals surface area (Å²) in [7, 11) is 5.01. The van der Waals surface area contributed by atoms with E-state index in [9.17, 15) is 9.59 Å². The van der Waals surface area contributed by atoms with Gasteiger partial charge in [0.15, 0.2) is 0 Å². The summed E-state index contributed by atoms with van der Waals surface area (Å²) in [5.74, 6) is 0.288. The molecule has 4 atom stereocenters. The summed E-state index contributed by atoms with van der Waals surface area (Å²) in [5, 5.41) is 20.8. The van der Waals surface area contributed by atoms with Crippen LogP contribution in [0.15, 0.2) is 24.3 Å². The van der Waals surface area contributed by atoms with Gasteiger partial charge >= 0.3 is 0 Å². The molecule has 0 aromatic carbocycles. The Bertz CT molecular complexity index is 1330. The van der Waals surface area contributed by atoms with E-state index in [0.29, 0.717) is 26.2 Å². The Kier molecular flexibility index (Phi) is 62.6. The third-order valence-electron chi connectivity index (χ3n) is 17.5. The van der Waals surface area contributed by atoms with E-state index < -0.39 is 0 Å². The summed E-state index contributed by atoms with van der Waals surface area (Å²) < 4.78 is 2.16. The first-order valence-corrected chi connectivity index (χ1v) is 36.6. The third-order valence-corrected chi connectivity index (χ3v) is 17.5. The van der Waals surface area contributed by atoms with Gasteiger partial charge in [-0.05, 0) is 187 Å². The molecule has 12 N–H and O–H groups in total. The first-order valence-electron chi connectivity index (χ1n) is 36.6. The van der Waals surface area contributed by atoms with Crippen molar-refractivity contribution in [1.82, 2.24) is 31.9 Å². The highest BCUT2D eigenvalue weighted by molar-refractivity contribution is 5.82. The second-order valence-corrected chi connectivity index (χ2v) is 26.0. The molecule has 0 aliphatic heterocycles. The van der Waals surface area contributed by atoms with E-state index in [-0.39, 0.29) is 23.9 Å². The van der Waals surface area contributed by atoms with Gasteiger partial charge in [-0.15, -0.1) is 0 Å². The van der Waals surface area contributed by atoms with E-state index >= 15 is 0 Å². The lowest BCUT2D eigenvalue weighted by molar-refractivity contribution is -0.916. The Morgan fingerprint density at radius 1 is 0.321 bits per heavy atom. The summed E-state index contributed by atoms with van der Waals surface area (Å²) >= 11 is 0. The number of nitrogens with one attached hydrogen (secondary N) is 6. The minimum Gasteiger partial charge on any atom is -0.355 e. The average Bonchev–Trinajstić information content (AvgIpc) is 3.64. The minimum absolute atomic E-state index is 0.126. The van der Waals surface area contributed by atoms with Crippen molar-refractivity contribution in [1.29, 1.82) is 0 Å². The van der Waals surface area contributed by atoms with Crippen LogP contribution < -0.4 is 49.1 Å². The van der Waals surface area contributed by atoms with Crippen LogP contribution in [0.3, 0.4) is 0 Å². The first-order chi connectivity index (χ1) is 41.1. The molecule has 0 rings (SSSR count). The molecule has 0 saturated heterocycles. The Hall–Kier alpha value is -1.94. The summed E-state index contributed by atoms with van der Waals surface area (Å²) in [6.07, 6.45) is 60.1. The van der Waals surface area contributed by atoms with Gasteiger partial charge in [-0.3, -0.25) is 9.59 Å². The molecule has 13 heteroatoms. The number of carbonyl (C=O) groups excluding carboxylic acids is 2. The van der Waals surface area contributed by atoms with E-state index in [4.69, 9.17) is 17.2 Å². The van der Waals surface area contributed by atoms with Crippen LogP contribution in [-0.4, -0.2) is 158 Å². The molecule has 0 bridgehead atoms. The SMILES string of the molecule is CCCCCCCC/C=C/CCCCCCCC[N+](C)(CCCC[N+](C)(CCCCCCCC/C=C/CCCCCCCC)CCCNC(=O)C(CCCNCCCN)NCCCN)CCCNC(=O)C(CCCNCCCN)NCCCC. The molecule has 0 heterocycles. The fraction of sp³-hybridized carbons (Fsp3) is 0.915. The molecule has 0 fully saturated rings. The number of carbonyl (C=O) groups is 2. The van der Waals surface area contributed by atoms with Gasteiger partial charge in [0.1, 0.15) is 0 Å². The summed E-state index contributed by atoms with van der Waals surface area (Å²) in [4.78, 5) is 27.2. The Balaban J connectivity index is 5.69. The van der Waals surface area contributed by atoms with Crippen LogP contribution in [0.5, 0.6) is 0 Å². The number of nitrogens with zero attached hydrogens (tertiary/aromatic N) is 2. The number of quaternary nitrogens is 2. The van der Waals surface area contributed by atoms with Gasteiger partial charge in [0, 0.05) is 38.8 Å². The quantitative estimate of drug-likeness (QED) is 0.0162. The van der Waals surface area contributed by atoms with E-state index in [0.717, 1.165) is 138 Å². The van der Waals surface area contributed by atoms with Gasteiger partial charge < -0.3 is 58.1 Å². The largest absolute Gasteiger partial charge is 0.355 e. The van der Waals surface area contributed by atoms with Crippen LogP contribution in [0, 0.1) is 0 Å². The zero-order valence-electron chi connectivity index (χ0n) is 56.9. The average molecular weight is 1190 g/mol. The van der Waals surface area contributed by atoms with Crippen LogP contribution >= 0.6 is 0 Å². The third kappa shape index (κ3) is 55.4. The van der Waals surface area contributed by atoms with Crippen molar-refractivity contribution in [2.75, 3.05) is 125 Å². The number of hydrogen-bond acceptors (Lipinski definition) is 9. The van der Waals surface area contributed by atoms with Crippen molar-refractivity contribution in [3.05, 3.63) is 24.3 Å². The molecule has 0 aromatic heterocycles. The molecule has 498 valence electrons. The minimum atomic E-state index is -0.190. The van der Waals surface area contributed by atoms with Crippen LogP contribution in [0.2, 0.25) is 0 Å². The van der Waals surface area contributed by atoms with Crippen LogP contribution in [0.4, 0.5) is 0 Å². The lowest BCUT2D eigenvalue weighted by Gasteiger charge is -2.37. The number of rotatable bonds is 69. The van der Waals surface area contributed by atoms with Gasteiger partial charge in [-0.2, -0.15) is 0 Å². The lowest BCUT2D eigenvalue weighted by atomic mass is 10.1. The predicted octanol–water partition coefficient (Wildman–Crippen LogP) is 13.2. The smallest absolute Gasteiger partial charge is 0.237 e. The number of nitrogens with two attached hydrogens (primary N) is 3. The number of hydrogen-bond donors (Lipinski definition) is 9. The van der Waals surface area contributed by atoms with Gasteiger partial charge in [-0.1, -0.05) is 154 Å². The molecule has 0 radical (unpaired) electrons. The monoisotopic (exact) mass is 1190 g/mol. The molecule has 84 heavy (non-hydrogen) atoms. The van der Waals surface area contributed by atoms with Gasteiger partial charge in [-0.25, -0.2) is 0 Å². The standard InChI is InChI=1S/C71H147N11O2/c1-6-9-12-14-16-18-20-22-24-26-28-30-32-34-36-38-62-81(4,66-47-60-79-70(83)68(77-58-11-8-3)49-42-54-75-56-44-51-72)64-40-41-65-82(5,63-39-37-35-33-31-29-27-25-23-21-19-17-15-13-10-7-2)67-48-61-80-71(84)69(78-59-46-53-74)50-43-55-76-57-45-52-73/h22-25,68-69,75-78H,6-21,26-67,72-74H2,1-5H3/p+2/b24-22+,25-23+. The van der Waals surface area contributed by atoms with Crippen molar-refractivity contribution < 1.29 is 18.6 Å². The number of amides is 2. The summed E-state index contributed by atoms with van der Waals surface area (Å²) in [6.45, 7) is 22.6. The van der Waals surface area contributed by atoms with Crippen LogP contribution in [0.25, 0.3) is 0 Å². The van der Waals surface area contributed by atoms with Crippen LogP contribution in [-0.2, 0) is 9.59 Å². The molecule has 4 unspecified atom stereocenters. The maximum absolute atomic E-state index is 13.6. The molecule has 2 amide bonds. The highest BCUT2D eigenvalue weighted by Gasteiger charge is 2.25. The maximum Gasteiger partial charge on any atom is 0.237 e. The fourth-order valence-corrected chi connectivity index (χ4v) is 11.8. The molecular weight excluding hydrogens is 1040 g/mol. The molecule has 0 aliphatic rings. The number of unbranched alkanes of at least 4 members (excludes halogenated alkanes) is 26. The first kappa shape index (κ1) is 82.1. The topological polar surface area (TPSA) is 184 Å². The van der Waals surface area contributed by atoms with Crippen molar-refractivity contribution in [2.24, 2.45) is 17.2 Å². The molecule has 0 saturated carbocycles. The van der Waals surface area contributed by atoms with Crippen molar-refractivity contribution >= 4 is 11.8 Å². The maximum atomic E-state index is 13.6. The zero-order chi connectivity index (χ0) is 61.4. The van der Waals surface area contributed by atoms with Crippen molar-refractivity contribution in [3.63, 3.8) is 0 Å². The zero-order valence-corrected chi connectivity index (χ0v) is 56.9. The van der Waals surface area contributed by atoms with Crippen molar-refractivity contribution in [3.8, 4) is 0 Å². The second kappa shape index (κ2) is 64.1.